The molecule has 0 saturated heterocycles. The Morgan fingerprint density at radius 3 is 2.77 bits per heavy atom. The maximum atomic E-state index is 13.0. The summed E-state index contributed by atoms with van der Waals surface area (Å²) in [6.07, 6.45) is 3.53. The van der Waals surface area contributed by atoms with E-state index in [2.05, 4.69) is 27.5 Å². The highest BCUT2D eigenvalue weighted by Gasteiger charge is 2.19. The molecular weight excluding hydrogens is 402 g/mol. The van der Waals surface area contributed by atoms with Crippen molar-refractivity contribution in [1.82, 2.24) is 14.8 Å². The standard InChI is InChI=1S/C22H24ClN5O2/c1-3-18-21(27-14-16(23)7-11-20(27)25-18)19(29)10-6-15-4-8-17(9-5-15)28-13-12-24-22(26-28)30-2/h4-5,7-9,11,14H,3,6,10,12-13H2,1-2H3,(H,24,26). The van der Waals surface area contributed by atoms with Gasteiger partial charge in [0.15, 0.2) is 5.78 Å². The van der Waals surface area contributed by atoms with E-state index in [9.17, 15) is 4.79 Å². The first kappa shape index (κ1) is 20.2. The van der Waals surface area contributed by atoms with Crippen molar-refractivity contribution in [3.05, 3.63) is 64.6 Å². The van der Waals surface area contributed by atoms with E-state index in [1.165, 1.54) is 0 Å². The fourth-order valence-electron chi connectivity index (χ4n) is 3.59. The van der Waals surface area contributed by atoms with E-state index in [4.69, 9.17) is 16.3 Å². The number of Topliss-reactive ketones (excluding diaryl/α,β-unsaturated/α-hetero) is 1. The van der Waals surface area contributed by atoms with Gasteiger partial charge < -0.3 is 4.74 Å². The summed E-state index contributed by atoms with van der Waals surface area (Å²) in [5.74, 6) is 0.0735. The summed E-state index contributed by atoms with van der Waals surface area (Å²) >= 11 is 6.13. The second kappa shape index (κ2) is 8.75. The molecule has 0 unspecified atom stereocenters. The maximum absolute atomic E-state index is 13.0. The van der Waals surface area contributed by atoms with E-state index in [0.717, 1.165) is 29.1 Å². The summed E-state index contributed by atoms with van der Waals surface area (Å²) in [5, 5.41) is 2.58. The SMILES string of the molecule is CCc1nc2ccc(Cl)cn2c1C(=O)CCc1ccc(N2CCN=C(OC)N2)cc1. The van der Waals surface area contributed by atoms with E-state index in [1.807, 2.05) is 34.5 Å². The minimum Gasteiger partial charge on any atom is -0.467 e. The van der Waals surface area contributed by atoms with Gasteiger partial charge in [-0.1, -0.05) is 30.7 Å². The van der Waals surface area contributed by atoms with Gasteiger partial charge in [-0.15, -0.1) is 0 Å². The van der Waals surface area contributed by atoms with Crippen LogP contribution in [0, 0.1) is 0 Å². The van der Waals surface area contributed by atoms with Gasteiger partial charge in [0.05, 0.1) is 36.6 Å². The van der Waals surface area contributed by atoms with Crippen LogP contribution in [0.15, 0.2) is 47.6 Å². The van der Waals surface area contributed by atoms with Crippen LogP contribution in [0.3, 0.4) is 0 Å². The number of methoxy groups -OCH3 is 1. The number of hydrogen-bond acceptors (Lipinski definition) is 6. The van der Waals surface area contributed by atoms with E-state index < -0.39 is 0 Å². The van der Waals surface area contributed by atoms with Crippen molar-refractivity contribution in [3.8, 4) is 0 Å². The maximum Gasteiger partial charge on any atom is 0.303 e. The van der Waals surface area contributed by atoms with Gasteiger partial charge in [-0.25, -0.2) is 9.98 Å². The lowest BCUT2D eigenvalue weighted by Crippen LogP contribution is -2.48. The average Bonchev–Trinajstić information content (AvgIpc) is 3.15. The number of carbonyl (C=O) groups is 1. The molecule has 2 aromatic heterocycles. The Bertz CT molecular complexity index is 1090. The minimum absolute atomic E-state index is 0.0735. The Hall–Kier alpha value is -3.06. The van der Waals surface area contributed by atoms with Crippen LogP contribution in [-0.4, -0.2) is 41.4 Å². The molecule has 0 radical (unpaired) electrons. The van der Waals surface area contributed by atoms with Crippen molar-refractivity contribution in [3.63, 3.8) is 0 Å². The molecule has 1 N–H and O–H groups in total. The number of benzene rings is 1. The summed E-state index contributed by atoms with van der Waals surface area (Å²) in [6, 6.07) is 12.3. The zero-order chi connectivity index (χ0) is 21.1. The van der Waals surface area contributed by atoms with Gasteiger partial charge in [0.1, 0.15) is 11.3 Å². The van der Waals surface area contributed by atoms with E-state index in [-0.39, 0.29) is 5.78 Å². The van der Waals surface area contributed by atoms with Gasteiger partial charge >= 0.3 is 6.02 Å². The van der Waals surface area contributed by atoms with E-state index in [0.29, 0.717) is 42.5 Å². The third-order valence-corrected chi connectivity index (χ3v) is 5.37. The number of anilines is 1. The zero-order valence-corrected chi connectivity index (χ0v) is 17.8. The van der Waals surface area contributed by atoms with Crippen molar-refractivity contribution < 1.29 is 9.53 Å². The Kier molecular flexibility index (Phi) is 5.90. The van der Waals surface area contributed by atoms with Crippen LogP contribution in [0.25, 0.3) is 5.65 Å². The monoisotopic (exact) mass is 425 g/mol. The fourth-order valence-corrected chi connectivity index (χ4v) is 3.75. The molecule has 3 aromatic rings. The molecule has 0 fully saturated rings. The van der Waals surface area contributed by atoms with Crippen LogP contribution in [-0.2, 0) is 17.6 Å². The number of imidazole rings is 1. The van der Waals surface area contributed by atoms with Gasteiger partial charge in [-0.3, -0.25) is 19.6 Å². The molecule has 7 nitrogen and oxygen atoms in total. The van der Waals surface area contributed by atoms with E-state index in [1.54, 1.807) is 19.4 Å². The molecule has 8 heteroatoms. The lowest BCUT2D eigenvalue weighted by Gasteiger charge is -2.29. The number of hydrogen-bond donors (Lipinski definition) is 1. The predicted molar refractivity (Wildman–Crippen MR) is 118 cm³/mol. The molecule has 4 rings (SSSR count). The number of aromatic nitrogens is 2. The van der Waals surface area contributed by atoms with Crippen molar-refractivity contribution in [1.29, 1.82) is 0 Å². The van der Waals surface area contributed by atoms with Crippen molar-refractivity contribution in [2.75, 3.05) is 25.2 Å². The summed E-state index contributed by atoms with van der Waals surface area (Å²) in [7, 11) is 1.59. The second-order valence-electron chi connectivity index (χ2n) is 7.08. The first-order valence-electron chi connectivity index (χ1n) is 10.00. The zero-order valence-electron chi connectivity index (χ0n) is 17.1. The molecular formula is C22H24ClN5O2. The first-order chi connectivity index (χ1) is 14.6. The fraction of sp³-hybridized carbons (Fsp3) is 0.318. The summed E-state index contributed by atoms with van der Waals surface area (Å²) in [4.78, 5) is 21.8. The van der Waals surface area contributed by atoms with Gasteiger partial charge in [0.2, 0.25) is 0 Å². The third-order valence-electron chi connectivity index (χ3n) is 5.15. The number of hydrazine groups is 1. The van der Waals surface area contributed by atoms with E-state index >= 15 is 0 Å². The van der Waals surface area contributed by atoms with Crippen LogP contribution >= 0.6 is 11.6 Å². The van der Waals surface area contributed by atoms with Gasteiger partial charge in [-0.2, -0.15) is 0 Å². The predicted octanol–water partition coefficient (Wildman–Crippen LogP) is 3.69. The van der Waals surface area contributed by atoms with Crippen molar-refractivity contribution in [2.24, 2.45) is 4.99 Å². The highest BCUT2D eigenvalue weighted by atomic mass is 35.5. The Morgan fingerprint density at radius 1 is 1.23 bits per heavy atom. The van der Waals surface area contributed by atoms with Gasteiger partial charge in [0, 0.05) is 12.6 Å². The number of aliphatic imine (C=N–C) groups is 1. The number of halogens is 1. The number of fused-ring (bicyclic) bond motifs is 1. The highest BCUT2D eigenvalue weighted by molar-refractivity contribution is 6.30. The smallest absolute Gasteiger partial charge is 0.303 e. The Labute approximate surface area is 180 Å². The topological polar surface area (TPSA) is 71.2 Å². The number of pyridine rings is 1. The molecule has 0 aliphatic carbocycles. The lowest BCUT2D eigenvalue weighted by molar-refractivity contribution is 0.0976. The molecule has 0 amide bonds. The quantitative estimate of drug-likeness (QED) is 0.610. The van der Waals surface area contributed by atoms with Crippen LogP contribution < -0.4 is 10.4 Å². The minimum atomic E-state index is 0.0735. The number of amidine groups is 1. The largest absolute Gasteiger partial charge is 0.467 e. The molecule has 0 bridgehead atoms. The van der Waals surface area contributed by atoms with Gasteiger partial charge in [0.25, 0.3) is 0 Å². The third kappa shape index (κ3) is 4.11. The highest BCUT2D eigenvalue weighted by Crippen LogP contribution is 2.20. The number of ether oxygens (including phenoxy) is 1. The molecule has 1 aliphatic rings. The molecule has 1 aliphatic heterocycles. The molecule has 3 heterocycles. The van der Waals surface area contributed by atoms with Crippen LogP contribution in [0.1, 0.15) is 35.1 Å². The Morgan fingerprint density at radius 2 is 2.03 bits per heavy atom. The number of carbonyl (C=O) groups excluding carboxylic acids is 1. The van der Waals surface area contributed by atoms with Crippen LogP contribution in [0.2, 0.25) is 5.02 Å². The average molecular weight is 426 g/mol. The number of nitrogens with one attached hydrogen (secondary N) is 1. The molecule has 0 spiro atoms. The molecule has 0 saturated carbocycles. The summed E-state index contributed by atoms with van der Waals surface area (Å²) < 4.78 is 6.98. The number of aryl methyl sites for hydroxylation is 2. The number of nitrogens with zero attached hydrogens (tertiary/aromatic N) is 4. The molecule has 0 atom stereocenters. The van der Waals surface area contributed by atoms with Crippen molar-refractivity contribution >= 4 is 34.7 Å². The summed E-state index contributed by atoms with van der Waals surface area (Å²) in [6.45, 7) is 3.45. The molecule has 1 aromatic carbocycles. The van der Waals surface area contributed by atoms with Gasteiger partial charge in [-0.05, 0) is 42.7 Å². The van der Waals surface area contributed by atoms with Crippen LogP contribution in [0.5, 0.6) is 0 Å². The Balaban J connectivity index is 1.45. The number of rotatable bonds is 6. The normalized spacial score (nSPS) is 13.8. The first-order valence-corrected chi connectivity index (χ1v) is 10.4. The molecule has 156 valence electrons. The molecule has 30 heavy (non-hydrogen) atoms. The van der Waals surface area contributed by atoms with Crippen molar-refractivity contribution in [2.45, 2.75) is 26.2 Å². The summed E-state index contributed by atoms with van der Waals surface area (Å²) in [5.41, 5.74) is 7.45. The van der Waals surface area contributed by atoms with Crippen LogP contribution in [0.4, 0.5) is 5.69 Å². The second-order valence-corrected chi connectivity index (χ2v) is 7.52. The lowest BCUT2D eigenvalue weighted by atomic mass is 10.0. The number of ketones is 1.